The standard InChI is InChI=1S/C19H15Br2O4P/c20-17-11-14(12-18(21)19(17)22)13-26(23,24-15-7-3-1-4-8-15)25-16-9-5-2-6-10-16/h1-12,22H,13H2. The number of halogens is 2. The van der Waals surface area contributed by atoms with Crippen LogP contribution in [0.1, 0.15) is 5.56 Å². The molecule has 4 nitrogen and oxygen atoms in total. The zero-order valence-electron chi connectivity index (χ0n) is 13.5. The van der Waals surface area contributed by atoms with Crippen LogP contribution in [0.2, 0.25) is 0 Å². The number of phenols is 1. The fourth-order valence-electron chi connectivity index (χ4n) is 2.30. The molecule has 0 atom stereocenters. The molecule has 26 heavy (non-hydrogen) atoms. The molecular formula is C19H15Br2O4P. The van der Waals surface area contributed by atoms with E-state index in [2.05, 4.69) is 31.9 Å². The summed E-state index contributed by atoms with van der Waals surface area (Å²) in [6.07, 6.45) is 0.0360. The van der Waals surface area contributed by atoms with Gasteiger partial charge in [0.05, 0.1) is 15.1 Å². The summed E-state index contributed by atoms with van der Waals surface area (Å²) in [5.41, 5.74) is 0.691. The summed E-state index contributed by atoms with van der Waals surface area (Å²) in [5.74, 6) is 1.00. The Hall–Kier alpha value is -1.75. The van der Waals surface area contributed by atoms with Crippen molar-refractivity contribution >= 4 is 39.5 Å². The molecule has 0 radical (unpaired) electrons. The van der Waals surface area contributed by atoms with Crippen molar-refractivity contribution in [2.75, 3.05) is 0 Å². The summed E-state index contributed by atoms with van der Waals surface area (Å²) in [4.78, 5) is 0. The van der Waals surface area contributed by atoms with Crippen LogP contribution >= 0.6 is 39.5 Å². The van der Waals surface area contributed by atoms with Crippen LogP contribution in [-0.4, -0.2) is 5.11 Å². The van der Waals surface area contributed by atoms with E-state index in [9.17, 15) is 9.67 Å². The van der Waals surface area contributed by atoms with Crippen LogP contribution in [0.15, 0.2) is 81.7 Å². The van der Waals surface area contributed by atoms with Gasteiger partial charge in [0.25, 0.3) is 0 Å². The third-order valence-electron chi connectivity index (χ3n) is 3.43. The molecule has 0 saturated carbocycles. The number of hydrogen-bond donors (Lipinski definition) is 1. The van der Waals surface area contributed by atoms with Crippen molar-refractivity contribution in [3.05, 3.63) is 87.3 Å². The van der Waals surface area contributed by atoms with Crippen LogP contribution in [0, 0.1) is 0 Å². The Morgan fingerprint density at radius 3 is 1.65 bits per heavy atom. The van der Waals surface area contributed by atoms with E-state index in [1.807, 2.05) is 12.1 Å². The van der Waals surface area contributed by atoms with E-state index in [-0.39, 0.29) is 11.9 Å². The molecule has 3 aromatic rings. The maximum atomic E-state index is 13.5. The fraction of sp³-hybridized carbons (Fsp3) is 0.0526. The summed E-state index contributed by atoms with van der Waals surface area (Å²) in [6.45, 7) is 0. The van der Waals surface area contributed by atoms with E-state index in [4.69, 9.17) is 9.05 Å². The number of benzene rings is 3. The molecule has 0 heterocycles. The first-order valence-corrected chi connectivity index (χ1v) is 11.0. The average molecular weight is 498 g/mol. The van der Waals surface area contributed by atoms with Crippen LogP contribution in [-0.2, 0) is 10.7 Å². The second-order valence-electron chi connectivity index (χ2n) is 5.49. The molecule has 134 valence electrons. The lowest BCUT2D eigenvalue weighted by atomic mass is 10.2. The molecule has 0 saturated heterocycles. The number of aromatic hydroxyl groups is 1. The highest BCUT2D eigenvalue weighted by molar-refractivity contribution is 9.11. The quantitative estimate of drug-likeness (QED) is 0.382. The SMILES string of the molecule is O=P(Cc1cc(Br)c(O)c(Br)c1)(Oc1ccccc1)Oc1ccccc1. The van der Waals surface area contributed by atoms with Crippen molar-refractivity contribution in [1.29, 1.82) is 0 Å². The first-order chi connectivity index (χ1) is 12.5. The Kier molecular flexibility index (Phi) is 6.07. The van der Waals surface area contributed by atoms with Crippen molar-refractivity contribution in [1.82, 2.24) is 0 Å². The van der Waals surface area contributed by atoms with Gasteiger partial charge < -0.3 is 14.2 Å². The summed E-state index contributed by atoms with van der Waals surface area (Å²) in [5, 5.41) is 9.87. The summed E-state index contributed by atoms with van der Waals surface area (Å²) >= 11 is 6.57. The topological polar surface area (TPSA) is 55.8 Å². The molecule has 3 rings (SSSR count). The lowest BCUT2D eigenvalue weighted by molar-refractivity contribution is 0.384. The van der Waals surface area contributed by atoms with Gasteiger partial charge in [-0.1, -0.05) is 36.4 Å². The first-order valence-electron chi connectivity index (χ1n) is 7.70. The minimum Gasteiger partial charge on any atom is -0.506 e. The predicted molar refractivity (Wildman–Crippen MR) is 109 cm³/mol. The van der Waals surface area contributed by atoms with Gasteiger partial charge in [0.1, 0.15) is 17.2 Å². The maximum absolute atomic E-state index is 13.5. The molecule has 7 heteroatoms. The predicted octanol–water partition coefficient (Wildman–Crippen LogP) is 6.77. The van der Waals surface area contributed by atoms with Crippen LogP contribution in [0.5, 0.6) is 17.2 Å². The van der Waals surface area contributed by atoms with E-state index >= 15 is 0 Å². The highest BCUT2D eigenvalue weighted by atomic mass is 79.9. The molecule has 0 unspecified atom stereocenters. The van der Waals surface area contributed by atoms with Crippen molar-refractivity contribution in [2.24, 2.45) is 0 Å². The van der Waals surface area contributed by atoms with E-state index in [0.29, 0.717) is 26.0 Å². The lowest BCUT2D eigenvalue weighted by Gasteiger charge is -2.20. The Bertz CT molecular complexity index is 864. The molecule has 0 amide bonds. The molecule has 0 aliphatic rings. The highest BCUT2D eigenvalue weighted by Gasteiger charge is 2.29. The van der Waals surface area contributed by atoms with Crippen LogP contribution in [0.3, 0.4) is 0 Å². The lowest BCUT2D eigenvalue weighted by Crippen LogP contribution is -2.04. The third kappa shape index (κ3) is 4.91. The van der Waals surface area contributed by atoms with Gasteiger partial charge in [-0.2, -0.15) is 0 Å². The number of rotatable bonds is 6. The maximum Gasteiger partial charge on any atom is 0.435 e. The first kappa shape index (κ1) is 19.0. The van der Waals surface area contributed by atoms with Gasteiger partial charge in [-0.3, -0.25) is 0 Å². The zero-order valence-corrected chi connectivity index (χ0v) is 17.6. The van der Waals surface area contributed by atoms with Crippen molar-refractivity contribution in [3.8, 4) is 17.2 Å². The van der Waals surface area contributed by atoms with Gasteiger partial charge in [-0.05, 0) is 73.8 Å². The monoisotopic (exact) mass is 496 g/mol. The Labute approximate surface area is 168 Å². The van der Waals surface area contributed by atoms with Crippen molar-refractivity contribution in [2.45, 2.75) is 6.16 Å². The summed E-state index contributed by atoms with van der Waals surface area (Å²) in [7, 11) is -3.56. The number of para-hydroxylation sites is 2. The molecular weight excluding hydrogens is 483 g/mol. The summed E-state index contributed by atoms with van der Waals surface area (Å²) < 4.78 is 26.0. The molecule has 3 aromatic carbocycles. The van der Waals surface area contributed by atoms with E-state index in [1.54, 1.807) is 60.7 Å². The number of hydrogen-bond acceptors (Lipinski definition) is 4. The molecule has 0 aromatic heterocycles. The minimum absolute atomic E-state index is 0.0360. The molecule has 0 aliphatic heterocycles. The van der Waals surface area contributed by atoms with E-state index in [1.165, 1.54) is 0 Å². The largest absolute Gasteiger partial charge is 0.506 e. The van der Waals surface area contributed by atoms with Gasteiger partial charge >= 0.3 is 7.60 Å². The van der Waals surface area contributed by atoms with Crippen LogP contribution < -0.4 is 9.05 Å². The average Bonchev–Trinajstić information content (AvgIpc) is 2.61. The van der Waals surface area contributed by atoms with Crippen LogP contribution in [0.4, 0.5) is 0 Å². The van der Waals surface area contributed by atoms with Gasteiger partial charge in [-0.15, -0.1) is 0 Å². The molecule has 0 bridgehead atoms. The number of phenolic OH excluding ortho intramolecular Hbond substituents is 1. The normalized spacial score (nSPS) is 11.2. The molecule has 1 N–H and O–H groups in total. The van der Waals surface area contributed by atoms with E-state index < -0.39 is 7.60 Å². The minimum atomic E-state index is -3.56. The Morgan fingerprint density at radius 1 is 0.808 bits per heavy atom. The van der Waals surface area contributed by atoms with Gasteiger partial charge in [0, 0.05) is 0 Å². The van der Waals surface area contributed by atoms with Crippen LogP contribution in [0.25, 0.3) is 0 Å². The van der Waals surface area contributed by atoms with Crippen molar-refractivity contribution < 1.29 is 18.7 Å². The summed E-state index contributed by atoms with van der Waals surface area (Å²) in [6, 6.07) is 21.2. The second-order valence-corrected chi connectivity index (χ2v) is 9.10. The second kappa shape index (κ2) is 8.30. The fourth-order valence-corrected chi connectivity index (χ4v) is 5.26. The molecule has 0 fully saturated rings. The Balaban J connectivity index is 1.93. The Morgan fingerprint density at radius 2 is 1.23 bits per heavy atom. The third-order valence-corrected chi connectivity index (χ3v) is 6.37. The van der Waals surface area contributed by atoms with Gasteiger partial charge in [-0.25, -0.2) is 4.57 Å². The van der Waals surface area contributed by atoms with E-state index in [0.717, 1.165) is 0 Å². The zero-order chi connectivity index (χ0) is 18.6. The highest BCUT2D eigenvalue weighted by Crippen LogP contribution is 2.52. The molecule has 0 spiro atoms. The smallest absolute Gasteiger partial charge is 0.435 e. The van der Waals surface area contributed by atoms with Gasteiger partial charge in [0.2, 0.25) is 0 Å². The molecule has 0 aliphatic carbocycles. The van der Waals surface area contributed by atoms with Gasteiger partial charge in [0.15, 0.2) is 0 Å². The van der Waals surface area contributed by atoms with Crippen molar-refractivity contribution in [3.63, 3.8) is 0 Å².